The molecular weight excluding hydrogens is 369 g/mol. The van der Waals surface area contributed by atoms with Crippen molar-refractivity contribution in [1.82, 2.24) is 9.80 Å². The maximum atomic E-state index is 13.9. The molecule has 1 fully saturated rings. The van der Waals surface area contributed by atoms with Gasteiger partial charge in [-0.3, -0.25) is 14.6 Å². The van der Waals surface area contributed by atoms with E-state index in [1.165, 1.54) is 12.7 Å². The first-order valence-electron chi connectivity index (χ1n) is 10.3. The molecule has 29 heavy (non-hydrogen) atoms. The molecule has 154 valence electrons. The van der Waals surface area contributed by atoms with Crippen LogP contribution in [-0.2, 0) is 17.8 Å². The highest BCUT2D eigenvalue weighted by Crippen LogP contribution is 2.27. The van der Waals surface area contributed by atoms with Crippen molar-refractivity contribution in [2.45, 2.75) is 19.4 Å². The zero-order chi connectivity index (χ0) is 20.2. The van der Waals surface area contributed by atoms with Crippen molar-refractivity contribution in [3.8, 4) is 5.75 Å². The number of piperazine rings is 1. The summed E-state index contributed by atoms with van der Waals surface area (Å²) in [7, 11) is 1.47. The Bertz CT molecular complexity index is 865. The summed E-state index contributed by atoms with van der Waals surface area (Å²) in [6.07, 6.45) is 2.07. The molecule has 1 saturated heterocycles. The lowest BCUT2D eigenvalue weighted by atomic mass is 10.0. The molecule has 0 spiro atoms. The maximum Gasteiger partial charge on any atom is 0.241 e. The van der Waals surface area contributed by atoms with Gasteiger partial charge in [0, 0.05) is 45.0 Å². The lowest BCUT2D eigenvalue weighted by molar-refractivity contribution is -0.120. The average molecular weight is 397 g/mol. The third-order valence-corrected chi connectivity index (χ3v) is 5.86. The lowest BCUT2D eigenvalue weighted by Gasteiger charge is -2.36. The van der Waals surface area contributed by atoms with Gasteiger partial charge in [-0.05, 0) is 42.2 Å². The van der Waals surface area contributed by atoms with Crippen LogP contribution < -0.4 is 9.64 Å². The number of benzene rings is 2. The van der Waals surface area contributed by atoms with Crippen LogP contribution in [-0.4, -0.2) is 62.1 Å². The van der Waals surface area contributed by atoms with E-state index in [0.717, 1.165) is 56.8 Å². The number of aryl methyl sites for hydroxylation is 1. The highest BCUT2D eigenvalue weighted by molar-refractivity contribution is 5.95. The van der Waals surface area contributed by atoms with Crippen molar-refractivity contribution in [3.63, 3.8) is 0 Å². The van der Waals surface area contributed by atoms with Gasteiger partial charge in [0.2, 0.25) is 5.91 Å². The van der Waals surface area contributed by atoms with Crippen LogP contribution in [0.25, 0.3) is 0 Å². The van der Waals surface area contributed by atoms with E-state index in [1.807, 2.05) is 23.1 Å². The maximum absolute atomic E-state index is 13.9. The minimum absolute atomic E-state index is 0.183. The molecular formula is C23H28FN3O2. The normalized spacial score (nSPS) is 17.8. The molecule has 0 N–H and O–H groups in total. The van der Waals surface area contributed by atoms with Gasteiger partial charge in [-0.2, -0.15) is 0 Å². The smallest absolute Gasteiger partial charge is 0.241 e. The summed E-state index contributed by atoms with van der Waals surface area (Å²) >= 11 is 0. The Labute approximate surface area is 171 Å². The van der Waals surface area contributed by atoms with Crippen LogP contribution in [0.5, 0.6) is 5.75 Å². The van der Waals surface area contributed by atoms with Crippen molar-refractivity contribution in [3.05, 3.63) is 59.4 Å². The van der Waals surface area contributed by atoms with Gasteiger partial charge in [-0.25, -0.2) is 4.39 Å². The minimum atomic E-state index is -0.323. The van der Waals surface area contributed by atoms with Crippen LogP contribution >= 0.6 is 0 Å². The molecule has 0 bridgehead atoms. The standard InChI is InChI=1S/C23H28FN3O2/c1-29-22-9-8-18(15-20(22)24)16-25-11-13-26(14-12-25)17-23(28)27-10-4-6-19-5-2-3-7-21(19)27/h2-3,5,7-9,15H,4,6,10-14,16-17H2,1H3. The molecule has 0 saturated carbocycles. The van der Waals surface area contributed by atoms with Crippen LogP contribution in [0.15, 0.2) is 42.5 Å². The molecule has 2 aliphatic rings. The number of para-hydroxylation sites is 1. The molecule has 0 aliphatic carbocycles. The number of nitrogens with zero attached hydrogens (tertiary/aromatic N) is 3. The van der Waals surface area contributed by atoms with E-state index in [9.17, 15) is 9.18 Å². The van der Waals surface area contributed by atoms with E-state index in [2.05, 4.69) is 21.9 Å². The first-order valence-corrected chi connectivity index (χ1v) is 10.3. The second kappa shape index (κ2) is 8.93. The number of fused-ring (bicyclic) bond motifs is 1. The third kappa shape index (κ3) is 4.60. The summed E-state index contributed by atoms with van der Waals surface area (Å²) in [5.74, 6) is 0.134. The number of rotatable bonds is 5. The number of ether oxygens (including phenoxy) is 1. The Morgan fingerprint density at radius 2 is 1.79 bits per heavy atom. The van der Waals surface area contributed by atoms with Gasteiger partial charge in [0.1, 0.15) is 0 Å². The Morgan fingerprint density at radius 1 is 1.03 bits per heavy atom. The minimum Gasteiger partial charge on any atom is -0.494 e. The first-order chi connectivity index (χ1) is 14.1. The van der Waals surface area contributed by atoms with Gasteiger partial charge in [0.05, 0.1) is 13.7 Å². The van der Waals surface area contributed by atoms with Crippen molar-refractivity contribution >= 4 is 11.6 Å². The number of amides is 1. The number of carbonyl (C=O) groups is 1. The van der Waals surface area contributed by atoms with Gasteiger partial charge in [0.25, 0.3) is 0 Å². The van der Waals surface area contributed by atoms with E-state index >= 15 is 0 Å². The van der Waals surface area contributed by atoms with Gasteiger partial charge in [0.15, 0.2) is 11.6 Å². The zero-order valence-electron chi connectivity index (χ0n) is 16.9. The van der Waals surface area contributed by atoms with Crippen molar-refractivity contribution in [2.24, 2.45) is 0 Å². The molecule has 5 nitrogen and oxygen atoms in total. The van der Waals surface area contributed by atoms with Crippen LogP contribution in [0.1, 0.15) is 17.5 Å². The molecule has 1 amide bonds. The van der Waals surface area contributed by atoms with Gasteiger partial charge in [-0.1, -0.05) is 24.3 Å². The van der Waals surface area contributed by atoms with E-state index in [0.29, 0.717) is 13.1 Å². The molecule has 0 atom stereocenters. The Morgan fingerprint density at radius 3 is 2.55 bits per heavy atom. The van der Waals surface area contributed by atoms with Crippen molar-refractivity contribution in [1.29, 1.82) is 0 Å². The fraction of sp³-hybridized carbons (Fsp3) is 0.435. The van der Waals surface area contributed by atoms with Gasteiger partial charge in [-0.15, -0.1) is 0 Å². The summed E-state index contributed by atoms with van der Waals surface area (Å²) < 4.78 is 18.9. The van der Waals surface area contributed by atoms with Crippen LogP contribution in [0.3, 0.4) is 0 Å². The molecule has 6 heteroatoms. The van der Waals surface area contributed by atoms with Crippen LogP contribution in [0.4, 0.5) is 10.1 Å². The van der Waals surface area contributed by atoms with Gasteiger partial charge >= 0.3 is 0 Å². The number of halogens is 1. The van der Waals surface area contributed by atoms with E-state index in [-0.39, 0.29) is 17.5 Å². The molecule has 2 aromatic carbocycles. The largest absolute Gasteiger partial charge is 0.494 e. The number of anilines is 1. The van der Waals surface area contributed by atoms with E-state index in [1.54, 1.807) is 12.1 Å². The fourth-order valence-electron chi connectivity index (χ4n) is 4.24. The Hall–Kier alpha value is -2.44. The number of hydrogen-bond donors (Lipinski definition) is 0. The zero-order valence-corrected chi connectivity index (χ0v) is 16.9. The second-order valence-corrected chi connectivity index (χ2v) is 7.80. The quantitative estimate of drug-likeness (QED) is 0.777. The number of carbonyl (C=O) groups excluding carboxylic acids is 1. The lowest BCUT2D eigenvalue weighted by Crippen LogP contribution is -2.50. The predicted octanol–water partition coefficient (Wildman–Crippen LogP) is 2.93. The molecule has 4 rings (SSSR count). The summed E-state index contributed by atoms with van der Waals surface area (Å²) in [4.78, 5) is 19.4. The second-order valence-electron chi connectivity index (χ2n) is 7.80. The summed E-state index contributed by atoms with van der Waals surface area (Å²) in [5, 5.41) is 0. The summed E-state index contributed by atoms with van der Waals surface area (Å²) in [6, 6.07) is 13.4. The monoisotopic (exact) mass is 397 g/mol. The summed E-state index contributed by atoms with van der Waals surface area (Å²) in [6.45, 7) is 5.41. The summed E-state index contributed by atoms with van der Waals surface area (Å²) in [5.41, 5.74) is 3.28. The molecule has 0 unspecified atom stereocenters. The third-order valence-electron chi connectivity index (χ3n) is 5.86. The molecule has 2 aromatic rings. The average Bonchev–Trinajstić information content (AvgIpc) is 2.75. The highest BCUT2D eigenvalue weighted by Gasteiger charge is 2.25. The number of hydrogen-bond acceptors (Lipinski definition) is 4. The van der Waals surface area contributed by atoms with Crippen LogP contribution in [0.2, 0.25) is 0 Å². The molecule has 2 heterocycles. The van der Waals surface area contributed by atoms with E-state index < -0.39 is 0 Å². The van der Waals surface area contributed by atoms with Crippen molar-refractivity contribution in [2.75, 3.05) is 51.3 Å². The number of methoxy groups -OCH3 is 1. The molecule has 2 aliphatic heterocycles. The van der Waals surface area contributed by atoms with Crippen molar-refractivity contribution < 1.29 is 13.9 Å². The molecule has 0 aromatic heterocycles. The first kappa shape index (κ1) is 19.9. The van der Waals surface area contributed by atoms with Gasteiger partial charge < -0.3 is 9.64 Å². The van der Waals surface area contributed by atoms with E-state index in [4.69, 9.17) is 4.74 Å². The van der Waals surface area contributed by atoms with Crippen LogP contribution in [0, 0.1) is 5.82 Å². The predicted molar refractivity (Wildman–Crippen MR) is 112 cm³/mol. The Kier molecular flexibility index (Phi) is 6.11. The molecule has 0 radical (unpaired) electrons. The highest BCUT2D eigenvalue weighted by atomic mass is 19.1. The Balaban J connectivity index is 1.29. The SMILES string of the molecule is COc1ccc(CN2CCN(CC(=O)N3CCCc4ccccc43)CC2)cc1F. The topological polar surface area (TPSA) is 36.0 Å². The fourth-order valence-corrected chi connectivity index (χ4v) is 4.24.